The molecule has 2 aliphatic carbocycles. The fourth-order valence-electron chi connectivity index (χ4n) is 5.83. The number of benzene rings is 2. The molecule has 1 heterocycles. The summed E-state index contributed by atoms with van der Waals surface area (Å²) in [5, 5.41) is 12.5. The molecule has 5 rings (SSSR count). The van der Waals surface area contributed by atoms with Gasteiger partial charge in [0.15, 0.2) is 0 Å². The Bertz CT molecular complexity index is 1090. The molecule has 0 aromatic heterocycles. The lowest BCUT2D eigenvalue weighted by Gasteiger charge is -2.34. The standard InChI is InChI=1S/C27H30N2O5/c1-2-18(14-24(30)29-13-7-8-17-15-27(17,29)25(31)32)28-26(33)34-16-23-21-11-5-3-9-19(21)20-10-4-6-12-22(20)23/h3-6,9-12,17-18,23H,2,7-8,13-16H2,1H3,(H,28,33)(H,31,32)/t17-,18+,27+/m0/s1. The topological polar surface area (TPSA) is 95.9 Å². The van der Waals surface area contributed by atoms with Gasteiger partial charge in [-0.3, -0.25) is 4.79 Å². The van der Waals surface area contributed by atoms with Gasteiger partial charge in [0.2, 0.25) is 5.91 Å². The van der Waals surface area contributed by atoms with Crippen molar-refractivity contribution >= 4 is 18.0 Å². The number of fused-ring (bicyclic) bond motifs is 4. The van der Waals surface area contributed by atoms with Crippen LogP contribution in [-0.2, 0) is 14.3 Å². The van der Waals surface area contributed by atoms with Crippen LogP contribution in [0.15, 0.2) is 48.5 Å². The van der Waals surface area contributed by atoms with E-state index in [2.05, 4.69) is 29.6 Å². The first-order valence-electron chi connectivity index (χ1n) is 12.1. The molecule has 2 aromatic carbocycles. The normalized spacial score (nSPS) is 23.3. The Labute approximate surface area is 199 Å². The van der Waals surface area contributed by atoms with E-state index >= 15 is 0 Å². The van der Waals surface area contributed by atoms with Gasteiger partial charge in [-0.25, -0.2) is 9.59 Å². The Kier molecular flexibility index (Phi) is 5.80. The Morgan fingerprint density at radius 1 is 1.12 bits per heavy atom. The number of nitrogens with one attached hydrogen (secondary N) is 1. The molecule has 7 nitrogen and oxygen atoms in total. The molecule has 2 N–H and O–H groups in total. The summed E-state index contributed by atoms with van der Waals surface area (Å²) in [5.74, 6) is -1.10. The number of carboxylic acids is 1. The van der Waals surface area contributed by atoms with Crippen LogP contribution in [0.25, 0.3) is 11.1 Å². The highest BCUT2D eigenvalue weighted by atomic mass is 16.5. The third kappa shape index (κ3) is 3.73. The molecule has 1 saturated carbocycles. The summed E-state index contributed by atoms with van der Waals surface area (Å²) in [6, 6.07) is 15.9. The predicted octanol–water partition coefficient (Wildman–Crippen LogP) is 4.16. The van der Waals surface area contributed by atoms with E-state index < -0.39 is 23.6 Å². The number of aliphatic carboxylic acids is 1. The van der Waals surface area contributed by atoms with E-state index in [0.29, 0.717) is 19.4 Å². The number of amides is 2. The predicted molar refractivity (Wildman–Crippen MR) is 126 cm³/mol. The quantitative estimate of drug-likeness (QED) is 0.644. The van der Waals surface area contributed by atoms with Crippen molar-refractivity contribution in [3.8, 4) is 11.1 Å². The molecule has 1 aliphatic heterocycles. The summed E-state index contributed by atoms with van der Waals surface area (Å²) in [5.41, 5.74) is 3.58. The van der Waals surface area contributed by atoms with E-state index in [4.69, 9.17) is 4.74 Å². The first kappa shape index (κ1) is 22.4. The monoisotopic (exact) mass is 462 g/mol. The fourth-order valence-corrected chi connectivity index (χ4v) is 5.83. The number of alkyl carbamates (subject to hydrolysis) is 1. The van der Waals surface area contributed by atoms with Crippen molar-refractivity contribution in [2.75, 3.05) is 13.2 Å². The highest BCUT2D eigenvalue weighted by molar-refractivity contribution is 5.91. The van der Waals surface area contributed by atoms with E-state index in [9.17, 15) is 19.5 Å². The van der Waals surface area contributed by atoms with Crippen LogP contribution in [0.4, 0.5) is 4.79 Å². The molecule has 178 valence electrons. The Balaban J connectivity index is 1.20. The second-order valence-corrected chi connectivity index (χ2v) is 9.60. The fraction of sp³-hybridized carbons (Fsp3) is 0.444. The average Bonchev–Trinajstić information content (AvgIpc) is 3.53. The van der Waals surface area contributed by atoms with Crippen molar-refractivity contribution in [2.45, 2.75) is 56.5 Å². The van der Waals surface area contributed by atoms with Crippen molar-refractivity contribution in [3.05, 3.63) is 59.7 Å². The van der Waals surface area contributed by atoms with Crippen LogP contribution in [0.3, 0.4) is 0 Å². The Hall–Kier alpha value is -3.35. The number of carboxylic acid groups (broad SMARTS) is 1. The summed E-state index contributed by atoms with van der Waals surface area (Å²) in [6.45, 7) is 2.56. The maximum atomic E-state index is 13.0. The zero-order chi connectivity index (χ0) is 23.9. The van der Waals surface area contributed by atoms with Crippen LogP contribution in [0.5, 0.6) is 0 Å². The minimum absolute atomic E-state index is 0.0320. The van der Waals surface area contributed by atoms with E-state index in [-0.39, 0.29) is 30.8 Å². The number of hydrogen-bond acceptors (Lipinski definition) is 4. The van der Waals surface area contributed by atoms with E-state index in [0.717, 1.165) is 35.1 Å². The SMILES string of the molecule is CC[C@H](CC(=O)N1CCC[C@H]2C[C@]21C(=O)O)NC(=O)OCC1c2ccccc2-c2ccccc21. The molecule has 2 fully saturated rings. The molecular weight excluding hydrogens is 432 g/mol. The number of rotatable bonds is 7. The van der Waals surface area contributed by atoms with Crippen LogP contribution in [0.2, 0.25) is 0 Å². The highest BCUT2D eigenvalue weighted by Crippen LogP contribution is 2.54. The second kappa shape index (κ2) is 8.78. The van der Waals surface area contributed by atoms with Crippen LogP contribution in [-0.4, -0.2) is 52.7 Å². The lowest BCUT2D eigenvalue weighted by Crippen LogP contribution is -2.52. The van der Waals surface area contributed by atoms with Gasteiger partial charge in [0.1, 0.15) is 12.1 Å². The molecule has 0 bridgehead atoms. The first-order chi connectivity index (χ1) is 16.5. The van der Waals surface area contributed by atoms with Crippen molar-refractivity contribution in [3.63, 3.8) is 0 Å². The van der Waals surface area contributed by atoms with Gasteiger partial charge in [-0.1, -0.05) is 55.5 Å². The van der Waals surface area contributed by atoms with Gasteiger partial charge >= 0.3 is 12.1 Å². The van der Waals surface area contributed by atoms with Crippen LogP contribution >= 0.6 is 0 Å². The molecule has 0 radical (unpaired) electrons. The maximum absolute atomic E-state index is 13.0. The third-order valence-electron chi connectivity index (χ3n) is 7.74. The number of nitrogens with zero attached hydrogens (tertiary/aromatic N) is 1. The average molecular weight is 463 g/mol. The van der Waals surface area contributed by atoms with Gasteiger partial charge in [0.05, 0.1) is 0 Å². The molecule has 34 heavy (non-hydrogen) atoms. The molecule has 7 heteroatoms. The summed E-state index contributed by atoms with van der Waals surface area (Å²) < 4.78 is 5.62. The van der Waals surface area contributed by atoms with Crippen LogP contribution in [0, 0.1) is 5.92 Å². The van der Waals surface area contributed by atoms with E-state index in [1.807, 2.05) is 31.2 Å². The smallest absolute Gasteiger partial charge is 0.407 e. The summed E-state index contributed by atoms with van der Waals surface area (Å²) >= 11 is 0. The van der Waals surface area contributed by atoms with Crippen molar-refractivity contribution < 1.29 is 24.2 Å². The lowest BCUT2D eigenvalue weighted by molar-refractivity contribution is -0.154. The minimum atomic E-state index is -1.03. The summed E-state index contributed by atoms with van der Waals surface area (Å²) in [7, 11) is 0. The van der Waals surface area contributed by atoms with E-state index in [1.54, 1.807) is 0 Å². The number of hydrogen-bond donors (Lipinski definition) is 2. The number of carbonyl (C=O) groups is 3. The molecule has 2 amide bonds. The van der Waals surface area contributed by atoms with Gasteiger partial charge in [0, 0.05) is 24.9 Å². The summed E-state index contributed by atoms with van der Waals surface area (Å²) in [4.78, 5) is 39.1. The van der Waals surface area contributed by atoms with Gasteiger partial charge < -0.3 is 20.1 Å². The van der Waals surface area contributed by atoms with Crippen LogP contribution < -0.4 is 5.32 Å². The van der Waals surface area contributed by atoms with Gasteiger partial charge in [-0.15, -0.1) is 0 Å². The van der Waals surface area contributed by atoms with Gasteiger partial charge in [-0.05, 0) is 53.9 Å². The van der Waals surface area contributed by atoms with Crippen LogP contribution in [0.1, 0.15) is 56.1 Å². The first-order valence-corrected chi connectivity index (χ1v) is 12.1. The molecule has 2 aromatic rings. The number of ether oxygens (including phenoxy) is 1. The summed E-state index contributed by atoms with van der Waals surface area (Å²) in [6.07, 6.45) is 2.27. The highest BCUT2D eigenvalue weighted by Gasteiger charge is 2.66. The minimum Gasteiger partial charge on any atom is -0.479 e. The zero-order valence-corrected chi connectivity index (χ0v) is 19.3. The second-order valence-electron chi connectivity index (χ2n) is 9.60. The number of piperidine rings is 1. The largest absolute Gasteiger partial charge is 0.479 e. The lowest BCUT2D eigenvalue weighted by atomic mass is 9.98. The van der Waals surface area contributed by atoms with Gasteiger partial charge in [-0.2, -0.15) is 0 Å². The third-order valence-corrected chi connectivity index (χ3v) is 7.74. The Morgan fingerprint density at radius 3 is 2.38 bits per heavy atom. The van der Waals surface area contributed by atoms with Gasteiger partial charge in [0.25, 0.3) is 0 Å². The van der Waals surface area contributed by atoms with Crippen molar-refractivity contribution in [2.24, 2.45) is 5.92 Å². The van der Waals surface area contributed by atoms with E-state index in [1.165, 1.54) is 4.90 Å². The van der Waals surface area contributed by atoms with Crippen molar-refractivity contribution in [1.29, 1.82) is 0 Å². The number of likely N-dealkylation sites (tertiary alicyclic amines) is 1. The molecule has 1 saturated heterocycles. The zero-order valence-electron chi connectivity index (χ0n) is 19.3. The molecule has 3 aliphatic rings. The number of carbonyl (C=O) groups excluding carboxylic acids is 2. The molecular formula is C27H30N2O5. The Morgan fingerprint density at radius 2 is 1.76 bits per heavy atom. The maximum Gasteiger partial charge on any atom is 0.407 e. The molecule has 0 spiro atoms. The van der Waals surface area contributed by atoms with Crippen molar-refractivity contribution in [1.82, 2.24) is 10.2 Å². The molecule has 0 unspecified atom stereocenters. The molecule has 3 atom stereocenters.